The van der Waals surface area contributed by atoms with Crippen molar-refractivity contribution in [3.8, 4) is 0 Å². The highest BCUT2D eigenvalue weighted by Crippen LogP contribution is 2.20. The van der Waals surface area contributed by atoms with E-state index < -0.39 is 10.0 Å². The number of nitrogens with zero attached hydrogens (tertiary/aromatic N) is 2. The first kappa shape index (κ1) is 20.7. The Kier molecular flexibility index (Phi) is 6.09. The lowest BCUT2D eigenvalue weighted by molar-refractivity contribution is -0.115. The lowest BCUT2D eigenvalue weighted by Gasteiger charge is -2.18. The van der Waals surface area contributed by atoms with E-state index in [-0.39, 0.29) is 22.8 Å². The van der Waals surface area contributed by atoms with Gasteiger partial charge in [-0.25, -0.2) is 13.5 Å². The van der Waals surface area contributed by atoms with Crippen molar-refractivity contribution in [1.82, 2.24) is 14.5 Å². The van der Waals surface area contributed by atoms with E-state index in [0.717, 1.165) is 0 Å². The van der Waals surface area contributed by atoms with Crippen LogP contribution in [0.4, 0.5) is 5.69 Å². The summed E-state index contributed by atoms with van der Waals surface area (Å²) >= 11 is 0. The number of carbonyl (C=O) groups is 1. The average molecular weight is 414 g/mol. The summed E-state index contributed by atoms with van der Waals surface area (Å²) in [7, 11) is -3.62. The third-order valence-electron chi connectivity index (χ3n) is 4.56. The maximum absolute atomic E-state index is 12.7. The summed E-state index contributed by atoms with van der Waals surface area (Å²) < 4.78 is 26.7. The Labute approximate surface area is 168 Å². The van der Waals surface area contributed by atoms with E-state index in [1.165, 1.54) is 16.4 Å². The highest BCUT2D eigenvalue weighted by molar-refractivity contribution is 7.89. The molecular formula is C20H22N4O4S. The molecule has 2 aromatic carbocycles. The van der Waals surface area contributed by atoms with Crippen LogP contribution in [0.15, 0.2) is 58.2 Å². The van der Waals surface area contributed by atoms with E-state index in [4.69, 9.17) is 0 Å². The number of hydrogen-bond donors (Lipinski definition) is 2. The van der Waals surface area contributed by atoms with Crippen molar-refractivity contribution in [2.45, 2.75) is 25.2 Å². The molecule has 0 saturated heterocycles. The predicted octanol–water partition coefficient (Wildman–Crippen LogP) is 2.13. The minimum atomic E-state index is -3.62. The molecule has 0 unspecified atom stereocenters. The van der Waals surface area contributed by atoms with Crippen molar-refractivity contribution < 1.29 is 13.2 Å². The van der Waals surface area contributed by atoms with E-state index in [2.05, 4.69) is 15.5 Å². The number of fused-ring (bicyclic) bond motifs is 1. The quantitative estimate of drug-likeness (QED) is 0.615. The summed E-state index contributed by atoms with van der Waals surface area (Å²) in [5.41, 5.74) is 0.487. The number of benzene rings is 2. The lowest BCUT2D eigenvalue weighted by Crippen LogP contribution is -2.30. The van der Waals surface area contributed by atoms with Crippen molar-refractivity contribution in [2.75, 3.05) is 18.4 Å². The van der Waals surface area contributed by atoms with E-state index in [9.17, 15) is 18.0 Å². The fraction of sp³-hybridized carbons (Fsp3) is 0.250. The SMILES string of the molecule is CCN(CC)S(=O)(=O)c1cccc(NC(=O)Cc2n[nH]c(=O)c3ccccc23)c1. The molecule has 0 bridgehead atoms. The Morgan fingerprint density at radius 3 is 2.45 bits per heavy atom. The lowest BCUT2D eigenvalue weighted by atomic mass is 10.1. The summed E-state index contributed by atoms with van der Waals surface area (Å²) in [6.07, 6.45) is -0.0652. The molecule has 9 heteroatoms. The topological polar surface area (TPSA) is 112 Å². The molecule has 1 heterocycles. The molecular weight excluding hydrogens is 392 g/mol. The van der Waals surface area contributed by atoms with Gasteiger partial charge < -0.3 is 5.32 Å². The minimum absolute atomic E-state index is 0.0652. The van der Waals surface area contributed by atoms with E-state index >= 15 is 0 Å². The van der Waals surface area contributed by atoms with Crippen molar-refractivity contribution in [3.63, 3.8) is 0 Å². The van der Waals surface area contributed by atoms with Crippen LogP contribution in [0, 0.1) is 0 Å². The number of amides is 1. The van der Waals surface area contributed by atoms with Crippen LogP contribution < -0.4 is 10.9 Å². The molecule has 2 N–H and O–H groups in total. The molecule has 0 radical (unpaired) electrons. The first-order chi connectivity index (χ1) is 13.9. The number of aromatic nitrogens is 2. The molecule has 1 aromatic heterocycles. The van der Waals surface area contributed by atoms with E-state index in [0.29, 0.717) is 35.2 Å². The Hall–Kier alpha value is -3.04. The summed E-state index contributed by atoms with van der Waals surface area (Å²) in [6.45, 7) is 4.27. The zero-order valence-corrected chi connectivity index (χ0v) is 17.0. The molecule has 8 nitrogen and oxygen atoms in total. The number of aromatic amines is 1. The zero-order chi connectivity index (χ0) is 21.0. The van der Waals surface area contributed by atoms with Crippen LogP contribution in [0.25, 0.3) is 10.8 Å². The van der Waals surface area contributed by atoms with Gasteiger partial charge in [0.2, 0.25) is 15.9 Å². The number of anilines is 1. The Balaban J connectivity index is 1.82. The number of rotatable bonds is 7. The fourth-order valence-corrected chi connectivity index (χ4v) is 4.61. The average Bonchev–Trinajstić information content (AvgIpc) is 2.71. The van der Waals surface area contributed by atoms with Gasteiger partial charge in [-0.2, -0.15) is 9.40 Å². The Bertz CT molecular complexity index is 1200. The number of H-pyrrole nitrogens is 1. The second-order valence-corrected chi connectivity index (χ2v) is 8.33. The van der Waals surface area contributed by atoms with Crippen molar-refractivity contribution in [3.05, 3.63) is 64.6 Å². The largest absolute Gasteiger partial charge is 0.326 e. The number of carbonyl (C=O) groups excluding carboxylic acids is 1. The molecule has 0 aliphatic heterocycles. The van der Waals surface area contributed by atoms with Crippen LogP contribution in [0.5, 0.6) is 0 Å². The monoisotopic (exact) mass is 414 g/mol. The maximum atomic E-state index is 12.7. The summed E-state index contributed by atoms with van der Waals surface area (Å²) in [4.78, 5) is 24.5. The van der Waals surface area contributed by atoms with Crippen LogP contribution >= 0.6 is 0 Å². The second kappa shape index (κ2) is 8.54. The first-order valence-corrected chi connectivity index (χ1v) is 10.7. The van der Waals surface area contributed by atoms with Crippen molar-refractivity contribution in [1.29, 1.82) is 0 Å². The minimum Gasteiger partial charge on any atom is -0.326 e. The van der Waals surface area contributed by atoms with Gasteiger partial charge in [-0.1, -0.05) is 38.1 Å². The van der Waals surface area contributed by atoms with Crippen molar-refractivity contribution >= 4 is 32.4 Å². The van der Waals surface area contributed by atoms with Gasteiger partial charge >= 0.3 is 0 Å². The Morgan fingerprint density at radius 2 is 1.76 bits per heavy atom. The highest BCUT2D eigenvalue weighted by Gasteiger charge is 2.22. The summed E-state index contributed by atoms with van der Waals surface area (Å²) in [5.74, 6) is -0.368. The van der Waals surface area contributed by atoms with Gasteiger partial charge in [0.25, 0.3) is 5.56 Å². The molecule has 0 aliphatic carbocycles. The first-order valence-electron chi connectivity index (χ1n) is 9.23. The van der Waals surface area contributed by atoms with Gasteiger partial charge in [-0.15, -0.1) is 0 Å². The van der Waals surface area contributed by atoms with Gasteiger partial charge in [0.15, 0.2) is 0 Å². The third kappa shape index (κ3) is 4.36. The normalized spacial score (nSPS) is 11.7. The van der Waals surface area contributed by atoms with Gasteiger partial charge in [-0.3, -0.25) is 9.59 Å². The molecule has 1 amide bonds. The maximum Gasteiger partial charge on any atom is 0.272 e. The van der Waals surface area contributed by atoms with Crippen LogP contribution in [0.3, 0.4) is 0 Å². The predicted molar refractivity (Wildman–Crippen MR) is 111 cm³/mol. The molecule has 0 spiro atoms. The number of sulfonamides is 1. The van der Waals surface area contributed by atoms with Crippen molar-refractivity contribution in [2.24, 2.45) is 0 Å². The van der Waals surface area contributed by atoms with Gasteiger partial charge in [0, 0.05) is 24.2 Å². The summed E-state index contributed by atoms with van der Waals surface area (Å²) in [5, 5.41) is 10.1. The molecule has 0 atom stereocenters. The molecule has 3 rings (SSSR count). The molecule has 0 aliphatic rings. The number of nitrogens with one attached hydrogen (secondary N) is 2. The van der Waals surface area contributed by atoms with Gasteiger partial charge in [0.1, 0.15) is 0 Å². The fourth-order valence-electron chi connectivity index (χ4n) is 3.11. The second-order valence-electron chi connectivity index (χ2n) is 6.39. The standard InChI is InChI=1S/C20H22N4O4S/c1-3-24(4-2)29(27,28)15-9-7-8-14(12-15)21-19(25)13-18-16-10-5-6-11-17(16)20(26)23-22-18/h5-12H,3-4,13H2,1-2H3,(H,21,25)(H,23,26). The smallest absolute Gasteiger partial charge is 0.272 e. The molecule has 152 valence electrons. The highest BCUT2D eigenvalue weighted by atomic mass is 32.2. The zero-order valence-electron chi connectivity index (χ0n) is 16.2. The van der Waals surface area contributed by atoms with Crippen LogP contribution in [0.1, 0.15) is 19.5 Å². The molecule has 0 fully saturated rings. The van der Waals surface area contributed by atoms with Crippen LogP contribution in [0.2, 0.25) is 0 Å². The molecule has 3 aromatic rings. The van der Waals surface area contributed by atoms with Gasteiger partial charge in [0.05, 0.1) is 22.4 Å². The molecule has 29 heavy (non-hydrogen) atoms. The summed E-state index contributed by atoms with van der Waals surface area (Å²) in [6, 6.07) is 13.0. The Morgan fingerprint density at radius 1 is 1.07 bits per heavy atom. The molecule has 0 saturated carbocycles. The van der Waals surface area contributed by atoms with Gasteiger partial charge in [-0.05, 0) is 24.3 Å². The third-order valence-corrected chi connectivity index (χ3v) is 6.61. The van der Waals surface area contributed by atoms with Crippen LogP contribution in [-0.2, 0) is 21.2 Å². The van der Waals surface area contributed by atoms with E-state index in [1.807, 2.05) is 0 Å². The van der Waals surface area contributed by atoms with E-state index in [1.54, 1.807) is 50.2 Å². The van der Waals surface area contributed by atoms with Crippen LogP contribution in [-0.4, -0.2) is 41.9 Å². The number of hydrogen-bond acceptors (Lipinski definition) is 5.